The molecule has 0 amide bonds. The van der Waals surface area contributed by atoms with Gasteiger partial charge in [-0.3, -0.25) is 9.59 Å². The Morgan fingerprint density at radius 1 is 1.19 bits per heavy atom. The fourth-order valence-electron chi connectivity index (χ4n) is 1.93. The molecule has 5 heteroatoms. The zero-order valence-corrected chi connectivity index (χ0v) is 8.85. The molecular formula is C11H14O5. The van der Waals surface area contributed by atoms with Gasteiger partial charge in [0.1, 0.15) is 0 Å². The summed E-state index contributed by atoms with van der Waals surface area (Å²) in [7, 11) is 0. The summed E-state index contributed by atoms with van der Waals surface area (Å²) in [6.07, 6.45) is 3.37. The van der Waals surface area contributed by atoms with E-state index >= 15 is 0 Å². The fourth-order valence-corrected chi connectivity index (χ4v) is 1.93. The van der Waals surface area contributed by atoms with Gasteiger partial charge in [-0.25, -0.2) is 4.79 Å². The molecule has 1 aliphatic carbocycles. The van der Waals surface area contributed by atoms with E-state index in [1.54, 1.807) is 0 Å². The van der Waals surface area contributed by atoms with E-state index < -0.39 is 29.7 Å². The minimum atomic E-state index is -1.01. The Morgan fingerprint density at radius 2 is 1.75 bits per heavy atom. The quantitative estimate of drug-likeness (QED) is 0.443. The first-order valence-electron chi connectivity index (χ1n) is 5.17. The van der Waals surface area contributed by atoms with Gasteiger partial charge in [-0.1, -0.05) is 19.4 Å². The highest BCUT2D eigenvalue weighted by Crippen LogP contribution is 2.31. The molecule has 1 saturated carbocycles. The van der Waals surface area contributed by atoms with Gasteiger partial charge in [0.15, 0.2) is 0 Å². The molecule has 5 nitrogen and oxygen atoms in total. The van der Waals surface area contributed by atoms with Crippen LogP contribution < -0.4 is 0 Å². The Hall–Kier alpha value is -1.65. The maximum Gasteiger partial charge on any atom is 0.337 e. The van der Waals surface area contributed by atoms with Crippen molar-refractivity contribution < 1.29 is 24.2 Å². The van der Waals surface area contributed by atoms with E-state index in [0.717, 1.165) is 18.9 Å². The van der Waals surface area contributed by atoms with Gasteiger partial charge in [-0.15, -0.1) is 0 Å². The highest BCUT2D eigenvalue weighted by Gasteiger charge is 2.37. The van der Waals surface area contributed by atoms with Crippen molar-refractivity contribution in [3.63, 3.8) is 0 Å². The number of hydrogen-bond acceptors (Lipinski definition) is 4. The van der Waals surface area contributed by atoms with Crippen molar-refractivity contribution in [2.24, 2.45) is 11.8 Å². The molecule has 0 aromatic carbocycles. The zero-order valence-electron chi connectivity index (χ0n) is 8.85. The number of ether oxygens (including phenoxy) is 1. The molecule has 88 valence electrons. The third kappa shape index (κ3) is 2.92. The average molecular weight is 226 g/mol. The lowest BCUT2D eigenvalue weighted by atomic mass is 9.79. The van der Waals surface area contributed by atoms with Crippen LogP contribution in [-0.4, -0.2) is 23.0 Å². The summed E-state index contributed by atoms with van der Waals surface area (Å²) >= 11 is 0. The molecule has 16 heavy (non-hydrogen) atoms. The SMILES string of the molecule is C=CC(=O)OC(=O)C1CCCCC1C(=O)O. The number of esters is 2. The van der Waals surface area contributed by atoms with Crippen molar-refractivity contribution in [3.8, 4) is 0 Å². The number of carbonyl (C=O) groups is 3. The Bertz CT molecular complexity index is 320. The molecule has 0 radical (unpaired) electrons. The molecule has 2 unspecified atom stereocenters. The molecule has 0 aromatic rings. The van der Waals surface area contributed by atoms with Crippen LogP contribution in [0.15, 0.2) is 12.7 Å². The van der Waals surface area contributed by atoms with Crippen LogP contribution in [0.25, 0.3) is 0 Å². The molecule has 2 atom stereocenters. The van der Waals surface area contributed by atoms with Crippen LogP contribution in [0.4, 0.5) is 0 Å². The number of hydrogen-bond donors (Lipinski definition) is 1. The van der Waals surface area contributed by atoms with Crippen LogP contribution in [-0.2, 0) is 19.1 Å². The number of carbonyl (C=O) groups excluding carboxylic acids is 2. The third-order valence-electron chi connectivity index (χ3n) is 2.75. The van der Waals surface area contributed by atoms with Gasteiger partial charge in [-0.05, 0) is 12.8 Å². The summed E-state index contributed by atoms with van der Waals surface area (Å²) in [5, 5.41) is 8.94. The van der Waals surface area contributed by atoms with Gasteiger partial charge in [0.2, 0.25) is 0 Å². The monoisotopic (exact) mass is 226 g/mol. The summed E-state index contributed by atoms with van der Waals surface area (Å²) in [6.45, 7) is 3.17. The predicted molar refractivity (Wildman–Crippen MR) is 54.4 cm³/mol. The smallest absolute Gasteiger partial charge is 0.337 e. The molecule has 0 bridgehead atoms. The van der Waals surface area contributed by atoms with Crippen molar-refractivity contribution in [3.05, 3.63) is 12.7 Å². The zero-order chi connectivity index (χ0) is 12.1. The second-order valence-electron chi connectivity index (χ2n) is 3.78. The van der Waals surface area contributed by atoms with Crippen molar-refractivity contribution in [2.75, 3.05) is 0 Å². The second-order valence-corrected chi connectivity index (χ2v) is 3.78. The number of carboxylic acid groups (broad SMARTS) is 1. The first-order chi connectivity index (χ1) is 7.56. The first kappa shape index (κ1) is 12.4. The Kier molecular flexibility index (Phi) is 4.22. The Morgan fingerprint density at radius 3 is 2.25 bits per heavy atom. The normalized spacial score (nSPS) is 24.5. The van der Waals surface area contributed by atoms with Crippen LogP contribution in [0.3, 0.4) is 0 Å². The van der Waals surface area contributed by atoms with E-state index in [-0.39, 0.29) is 0 Å². The number of carboxylic acids is 1. The van der Waals surface area contributed by atoms with E-state index in [4.69, 9.17) is 5.11 Å². The summed E-state index contributed by atoms with van der Waals surface area (Å²) in [6, 6.07) is 0. The predicted octanol–water partition coefficient (Wildman–Crippen LogP) is 1.13. The van der Waals surface area contributed by atoms with Crippen molar-refractivity contribution in [1.29, 1.82) is 0 Å². The molecule has 0 saturated heterocycles. The minimum absolute atomic E-state index is 0.456. The van der Waals surface area contributed by atoms with Crippen LogP contribution >= 0.6 is 0 Å². The van der Waals surface area contributed by atoms with Crippen LogP contribution in [0, 0.1) is 11.8 Å². The highest BCUT2D eigenvalue weighted by molar-refractivity contribution is 5.93. The van der Waals surface area contributed by atoms with Crippen LogP contribution in [0.1, 0.15) is 25.7 Å². The first-order valence-corrected chi connectivity index (χ1v) is 5.17. The number of aliphatic carboxylic acids is 1. The van der Waals surface area contributed by atoms with Gasteiger partial charge in [-0.2, -0.15) is 0 Å². The highest BCUT2D eigenvalue weighted by atomic mass is 16.6. The van der Waals surface area contributed by atoms with E-state index in [2.05, 4.69) is 11.3 Å². The second kappa shape index (κ2) is 5.44. The molecule has 1 N–H and O–H groups in total. The van der Waals surface area contributed by atoms with Gasteiger partial charge in [0, 0.05) is 6.08 Å². The Balaban J connectivity index is 2.67. The Labute approximate surface area is 93.1 Å². The summed E-state index contributed by atoms with van der Waals surface area (Å²) < 4.78 is 4.46. The summed E-state index contributed by atoms with van der Waals surface area (Å²) in [5.41, 5.74) is 0. The van der Waals surface area contributed by atoms with Gasteiger partial charge < -0.3 is 9.84 Å². The van der Waals surface area contributed by atoms with E-state index in [0.29, 0.717) is 12.8 Å². The van der Waals surface area contributed by atoms with Gasteiger partial charge in [0.05, 0.1) is 11.8 Å². The third-order valence-corrected chi connectivity index (χ3v) is 2.75. The number of rotatable bonds is 3. The molecule has 1 aliphatic rings. The van der Waals surface area contributed by atoms with E-state index in [1.165, 1.54) is 0 Å². The molecule has 1 fully saturated rings. The maximum atomic E-state index is 11.5. The lowest BCUT2D eigenvalue weighted by Crippen LogP contribution is -2.34. The minimum Gasteiger partial charge on any atom is -0.481 e. The molecule has 0 aromatic heterocycles. The summed E-state index contributed by atoms with van der Waals surface area (Å²) in [5.74, 6) is -4.04. The largest absolute Gasteiger partial charge is 0.481 e. The summed E-state index contributed by atoms with van der Waals surface area (Å²) in [4.78, 5) is 33.3. The molecule has 0 heterocycles. The standard InChI is InChI=1S/C11H14O5/c1-2-9(12)16-11(15)8-6-4-3-5-7(8)10(13)14/h2,7-8H,1,3-6H2,(H,13,14). The van der Waals surface area contributed by atoms with Crippen molar-refractivity contribution in [1.82, 2.24) is 0 Å². The van der Waals surface area contributed by atoms with Gasteiger partial charge in [0.25, 0.3) is 0 Å². The maximum absolute atomic E-state index is 11.5. The topological polar surface area (TPSA) is 80.7 Å². The van der Waals surface area contributed by atoms with Crippen molar-refractivity contribution in [2.45, 2.75) is 25.7 Å². The van der Waals surface area contributed by atoms with Gasteiger partial charge >= 0.3 is 17.9 Å². The molecular weight excluding hydrogens is 212 g/mol. The lowest BCUT2D eigenvalue weighted by Gasteiger charge is -2.25. The van der Waals surface area contributed by atoms with E-state index in [9.17, 15) is 14.4 Å². The lowest BCUT2D eigenvalue weighted by molar-refractivity contribution is -0.165. The van der Waals surface area contributed by atoms with Crippen molar-refractivity contribution >= 4 is 17.9 Å². The molecule has 0 aliphatic heterocycles. The van der Waals surface area contributed by atoms with E-state index in [1.807, 2.05) is 0 Å². The molecule has 1 rings (SSSR count). The molecule has 0 spiro atoms. The fraction of sp³-hybridized carbons (Fsp3) is 0.545. The van der Waals surface area contributed by atoms with Crippen LogP contribution in [0.5, 0.6) is 0 Å². The van der Waals surface area contributed by atoms with Crippen LogP contribution in [0.2, 0.25) is 0 Å². The average Bonchev–Trinajstić information content (AvgIpc) is 2.28.